The summed E-state index contributed by atoms with van der Waals surface area (Å²) < 4.78 is 15.8. The second-order valence-corrected chi connectivity index (χ2v) is 5.69. The molecule has 0 bridgehead atoms. The highest BCUT2D eigenvalue weighted by Gasteiger charge is 2.07. The normalized spacial score (nSPS) is 10.5. The van der Waals surface area contributed by atoms with Crippen molar-refractivity contribution in [2.75, 3.05) is 6.54 Å². The second kappa shape index (κ2) is 7.69. The first-order valence-corrected chi connectivity index (χ1v) is 8.20. The number of benzene rings is 1. The van der Waals surface area contributed by atoms with Gasteiger partial charge < -0.3 is 14.6 Å². The summed E-state index contributed by atoms with van der Waals surface area (Å²) in [5.41, 5.74) is 2.31. The molecule has 0 aliphatic rings. The van der Waals surface area contributed by atoms with E-state index < -0.39 is 0 Å². The highest BCUT2D eigenvalue weighted by molar-refractivity contribution is 6.99. The minimum absolute atomic E-state index is 0.110. The number of carbonyl (C=O) groups is 1. The van der Waals surface area contributed by atoms with E-state index in [0.717, 1.165) is 11.4 Å². The molecule has 0 aliphatic heterocycles. The van der Waals surface area contributed by atoms with Gasteiger partial charge in [0.25, 0.3) is 5.91 Å². The fraction of sp³-hybridized carbons (Fsp3) is 0.250. The fourth-order valence-electron chi connectivity index (χ4n) is 2.05. The Labute approximate surface area is 143 Å². The molecule has 0 fully saturated rings. The third-order valence-corrected chi connectivity index (χ3v) is 4.11. The molecule has 3 aromatic rings. The van der Waals surface area contributed by atoms with E-state index in [1.165, 1.54) is 11.7 Å². The largest absolute Gasteiger partial charge is 0.487 e. The summed E-state index contributed by atoms with van der Waals surface area (Å²) in [6.07, 6.45) is 5.29. The van der Waals surface area contributed by atoms with Gasteiger partial charge in [-0.3, -0.25) is 4.79 Å². The van der Waals surface area contributed by atoms with E-state index in [9.17, 15) is 4.79 Å². The van der Waals surface area contributed by atoms with Crippen molar-refractivity contribution in [1.82, 2.24) is 23.6 Å². The molecule has 0 saturated carbocycles. The number of aromatic nitrogens is 4. The molecule has 0 radical (unpaired) electrons. The van der Waals surface area contributed by atoms with Gasteiger partial charge in [-0.15, -0.1) is 0 Å². The van der Waals surface area contributed by atoms with Crippen LogP contribution in [0.1, 0.15) is 21.7 Å². The Morgan fingerprint density at radius 1 is 1.29 bits per heavy atom. The highest BCUT2D eigenvalue weighted by Crippen LogP contribution is 2.15. The average molecular weight is 343 g/mol. The van der Waals surface area contributed by atoms with Crippen molar-refractivity contribution in [2.24, 2.45) is 0 Å². The van der Waals surface area contributed by atoms with Crippen LogP contribution in [0.2, 0.25) is 0 Å². The number of aryl methyl sites for hydroxylation is 1. The summed E-state index contributed by atoms with van der Waals surface area (Å²) in [6.45, 7) is 3.51. The highest BCUT2D eigenvalue weighted by atomic mass is 32.1. The smallest absolute Gasteiger partial charge is 0.251 e. The molecule has 3 rings (SSSR count). The average Bonchev–Trinajstić information content (AvgIpc) is 3.25. The number of amides is 1. The van der Waals surface area contributed by atoms with Gasteiger partial charge in [0.2, 0.25) is 0 Å². The van der Waals surface area contributed by atoms with Gasteiger partial charge in [-0.05, 0) is 31.2 Å². The summed E-state index contributed by atoms with van der Waals surface area (Å²) in [7, 11) is 0. The molecular formula is C16H17N5O2S. The number of carbonyl (C=O) groups excluding carboxylic acids is 1. The minimum Gasteiger partial charge on any atom is -0.487 e. The molecule has 1 amide bonds. The lowest BCUT2D eigenvalue weighted by atomic mass is 10.2. The summed E-state index contributed by atoms with van der Waals surface area (Å²) in [4.78, 5) is 16.0. The van der Waals surface area contributed by atoms with Crippen molar-refractivity contribution >= 4 is 17.6 Å². The molecule has 0 atom stereocenters. The first-order chi connectivity index (χ1) is 11.7. The Hall–Kier alpha value is -2.74. The van der Waals surface area contributed by atoms with Crippen molar-refractivity contribution < 1.29 is 9.53 Å². The van der Waals surface area contributed by atoms with Crippen LogP contribution >= 0.6 is 11.7 Å². The van der Waals surface area contributed by atoms with E-state index in [4.69, 9.17) is 4.74 Å². The molecule has 124 valence electrons. The van der Waals surface area contributed by atoms with Crippen LogP contribution in [0.15, 0.2) is 43.0 Å². The van der Waals surface area contributed by atoms with E-state index in [1.54, 1.807) is 36.8 Å². The first-order valence-electron chi connectivity index (χ1n) is 7.47. The van der Waals surface area contributed by atoms with Crippen LogP contribution in [0.5, 0.6) is 5.75 Å². The zero-order valence-corrected chi connectivity index (χ0v) is 14.0. The van der Waals surface area contributed by atoms with E-state index in [2.05, 4.69) is 19.0 Å². The van der Waals surface area contributed by atoms with E-state index in [1.807, 2.05) is 17.7 Å². The van der Waals surface area contributed by atoms with Gasteiger partial charge in [-0.1, -0.05) is 0 Å². The number of rotatable bonds is 7. The van der Waals surface area contributed by atoms with Gasteiger partial charge >= 0.3 is 0 Å². The Morgan fingerprint density at radius 2 is 2.12 bits per heavy atom. The molecule has 0 saturated heterocycles. The predicted molar refractivity (Wildman–Crippen MR) is 90.0 cm³/mol. The van der Waals surface area contributed by atoms with Gasteiger partial charge in [0.05, 0.1) is 23.7 Å². The van der Waals surface area contributed by atoms with Crippen LogP contribution in [-0.2, 0) is 13.2 Å². The van der Waals surface area contributed by atoms with Gasteiger partial charge in [0, 0.05) is 31.0 Å². The summed E-state index contributed by atoms with van der Waals surface area (Å²) in [5.74, 6) is 0.582. The summed E-state index contributed by atoms with van der Waals surface area (Å²) in [6, 6.07) is 7.04. The lowest BCUT2D eigenvalue weighted by Gasteiger charge is -2.08. The molecule has 1 aromatic carbocycles. The van der Waals surface area contributed by atoms with Crippen molar-refractivity contribution in [3.63, 3.8) is 0 Å². The molecule has 0 unspecified atom stereocenters. The summed E-state index contributed by atoms with van der Waals surface area (Å²) >= 11 is 1.18. The minimum atomic E-state index is -0.110. The molecule has 1 N–H and O–H groups in total. The van der Waals surface area contributed by atoms with Crippen LogP contribution in [0.4, 0.5) is 0 Å². The monoisotopic (exact) mass is 343 g/mol. The van der Waals surface area contributed by atoms with Crippen LogP contribution < -0.4 is 10.1 Å². The molecule has 7 nitrogen and oxygen atoms in total. The molecule has 24 heavy (non-hydrogen) atoms. The quantitative estimate of drug-likeness (QED) is 0.710. The van der Waals surface area contributed by atoms with Gasteiger partial charge in [0.15, 0.2) is 0 Å². The summed E-state index contributed by atoms with van der Waals surface area (Å²) in [5, 5.41) is 2.87. The topological polar surface area (TPSA) is 81.9 Å². The fourth-order valence-corrected chi connectivity index (χ4v) is 2.61. The molecule has 2 heterocycles. The Balaban J connectivity index is 1.48. The first kappa shape index (κ1) is 16.1. The molecule has 0 spiro atoms. The zero-order valence-electron chi connectivity index (χ0n) is 13.2. The number of nitrogens with one attached hydrogen (secondary N) is 1. The maximum Gasteiger partial charge on any atom is 0.251 e. The van der Waals surface area contributed by atoms with Crippen molar-refractivity contribution in [2.45, 2.75) is 20.1 Å². The number of hydrogen-bond donors (Lipinski definition) is 1. The van der Waals surface area contributed by atoms with Gasteiger partial charge in [0.1, 0.15) is 18.1 Å². The standard InChI is InChI=1S/C16H17N5O2S/c1-12-15(20-24-19-12)10-23-14-4-2-13(3-5-14)16(22)18-7-9-21-8-6-17-11-21/h2-6,8,11H,7,9-10H2,1H3,(H,18,22). The van der Waals surface area contributed by atoms with Crippen molar-refractivity contribution in [3.05, 3.63) is 59.9 Å². The van der Waals surface area contributed by atoms with E-state index in [0.29, 0.717) is 31.0 Å². The second-order valence-electron chi connectivity index (χ2n) is 5.17. The number of imidazole rings is 1. The Kier molecular flexibility index (Phi) is 5.17. The van der Waals surface area contributed by atoms with Crippen molar-refractivity contribution in [3.8, 4) is 5.75 Å². The maximum absolute atomic E-state index is 12.1. The van der Waals surface area contributed by atoms with Gasteiger partial charge in [-0.2, -0.15) is 8.75 Å². The molecular weight excluding hydrogens is 326 g/mol. The predicted octanol–water partition coefficient (Wildman–Crippen LogP) is 2.05. The third kappa shape index (κ3) is 4.17. The lowest BCUT2D eigenvalue weighted by Crippen LogP contribution is -2.26. The van der Waals surface area contributed by atoms with E-state index >= 15 is 0 Å². The van der Waals surface area contributed by atoms with E-state index in [-0.39, 0.29) is 5.91 Å². The Morgan fingerprint density at radius 3 is 2.79 bits per heavy atom. The third-order valence-electron chi connectivity index (χ3n) is 3.45. The van der Waals surface area contributed by atoms with Crippen molar-refractivity contribution in [1.29, 1.82) is 0 Å². The lowest BCUT2D eigenvalue weighted by molar-refractivity contribution is 0.0952. The maximum atomic E-state index is 12.1. The molecule has 2 aromatic heterocycles. The molecule has 8 heteroatoms. The number of hydrogen-bond acceptors (Lipinski definition) is 6. The van der Waals surface area contributed by atoms with Crippen LogP contribution in [0.25, 0.3) is 0 Å². The molecule has 0 aliphatic carbocycles. The van der Waals surface area contributed by atoms with Gasteiger partial charge in [-0.25, -0.2) is 4.98 Å². The number of ether oxygens (including phenoxy) is 1. The Bertz CT molecular complexity index is 783. The van der Waals surface area contributed by atoms with Crippen LogP contribution in [0.3, 0.4) is 0 Å². The van der Waals surface area contributed by atoms with Crippen LogP contribution in [0, 0.1) is 6.92 Å². The SMILES string of the molecule is Cc1nsnc1COc1ccc(C(=O)NCCn2ccnc2)cc1. The zero-order chi connectivity index (χ0) is 16.8. The number of nitrogens with zero attached hydrogens (tertiary/aromatic N) is 4. The van der Waals surface area contributed by atoms with Crippen LogP contribution in [-0.4, -0.2) is 30.8 Å².